The van der Waals surface area contributed by atoms with Gasteiger partial charge in [-0.05, 0) is 54.4 Å². The quantitative estimate of drug-likeness (QED) is 0.593. The molecule has 0 atom stereocenters. The molecule has 0 radical (unpaired) electrons. The lowest BCUT2D eigenvalue weighted by atomic mass is 10.2. The van der Waals surface area contributed by atoms with E-state index in [1.165, 1.54) is 0 Å². The number of rotatable bonds is 8. The fourth-order valence-electron chi connectivity index (χ4n) is 3.09. The van der Waals surface area contributed by atoms with Crippen LogP contribution in [0.3, 0.4) is 0 Å². The normalized spacial score (nSPS) is 11.9. The minimum Gasteiger partial charge on any atom is -0.484 e. The number of benzene rings is 3. The lowest BCUT2D eigenvalue weighted by molar-refractivity contribution is -0.118. The van der Waals surface area contributed by atoms with E-state index in [-0.39, 0.29) is 19.3 Å². The first-order chi connectivity index (χ1) is 14.7. The summed E-state index contributed by atoms with van der Waals surface area (Å²) in [5.74, 6) is 2.06. The summed E-state index contributed by atoms with van der Waals surface area (Å²) in [5.41, 5.74) is 4.18. The van der Waals surface area contributed by atoms with Gasteiger partial charge in [0.1, 0.15) is 5.75 Å². The van der Waals surface area contributed by atoms with Crippen molar-refractivity contribution in [1.82, 2.24) is 5.32 Å². The summed E-state index contributed by atoms with van der Waals surface area (Å²) in [6.07, 6.45) is 0. The van der Waals surface area contributed by atoms with Crippen molar-refractivity contribution in [3.05, 3.63) is 83.4 Å². The Morgan fingerprint density at radius 2 is 1.60 bits per heavy atom. The first-order valence-corrected chi connectivity index (χ1v) is 9.83. The van der Waals surface area contributed by atoms with E-state index in [4.69, 9.17) is 14.2 Å². The van der Waals surface area contributed by atoms with Crippen LogP contribution in [0.25, 0.3) is 0 Å². The third-order valence-corrected chi connectivity index (χ3v) is 4.72. The first-order valence-electron chi connectivity index (χ1n) is 9.83. The Kier molecular flexibility index (Phi) is 6.15. The fourth-order valence-corrected chi connectivity index (χ4v) is 3.09. The van der Waals surface area contributed by atoms with Crippen LogP contribution in [-0.2, 0) is 17.9 Å². The van der Waals surface area contributed by atoms with Gasteiger partial charge in [0.2, 0.25) is 6.79 Å². The summed E-state index contributed by atoms with van der Waals surface area (Å²) in [6.45, 7) is 3.71. The van der Waals surface area contributed by atoms with Gasteiger partial charge in [-0.3, -0.25) is 4.79 Å². The second-order valence-corrected chi connectivity index (χ2v) is 7.14. The smallest absolute Gasteiger partial charge is 0.262 e. The molecule has 3 aromatic carbocycles. The summed E-state index contributed by atoms with van der Waals surface area (Å²) in [7, 11) is 0. The highest BCUT2D eigenvalue weighted by Gasteiger charge is 2.12. The molecule has 30 heavy (non-hydrogen) atoms. The van der Waals surface area contributed by atoms with Crippen LogP contribution >= 0.6 is 0 Å². The van der Waals surface area contributed by atoms with Gasteiger partial charge in [0.15, 0.2) is 18.1 Å². The molecule has 0 fully saturated rings. The minimum atomic E-state index is -0.187. The number of hydrogen-bond donors (Lipinski definition) is 2. The maximum atomic E-state index is 12.0. The van der Waals surface area contributed by atoms with Crippen molar-refractivity contribution in [2.45, 2.75) is 20.0 Å². The summed E-state index contributed by atoms with van der Waals surface area (Å²) in [4.78, 5) is 12.0. The molecule has 0 bridgehead atoms. The molecule has 1 aliphatic heterocycles. The van der Waals surface area contributed by atoms with Gasteiger partial charge >= 0.3 is 0 Å². The Labute approximate surface area is 175 Å². The average molecular weight is 404 g/mol. The summed E-state index contributed by atoms with van der Waals surface area (Å²) >= 11 is 0. The van der Waals surface area contributed by atoms with Crippen molar-refractivity contribution in [2.75, 3.05) is 18.7 Å². The topological polar surface area (TPSA) is 68.8 Å². The number of aryl methyl sites for hydroxylation is 1. The maximum Gasteiger partial charge on any atom is 0.262 e. The largest absolute Gasteiger partial charge is 0.484 e. The Balaban J connectivity index is 1.20. The van der Waals surface area contributed by atoms with E-state index in [1.54, 1.807) is 0 Å². The van der Waals surface area contributed by atoms with E-state index >= 15 is 0 Å². The molecule has 1 heterocycles. The fraction of sp³-hybridized carbons (Fsp3) is 0.208. The van der Waals surface area contributed by atoms with Crippen LogP contribution < -0.4 is 24.8 Å². The number of hydrogen-bond acceptors (Lipinski definition) is 5. The Morgan fingerprint density at radius 1 is 0.900 bits per heavy atom. The summed E-state index contributed by atoms with van der Waals surface area (Å²) in [6, 6.07) is 21.3. The van der Waals surface area contributed by atoms with Crippen molar-refractivity contribution in [3.8, 4) is 17.2 Å². The van der Waals surface area contributed by atoms with E-state index in [0.717, 1.165) is 47.0 Å². The lowest BCUT2D eigenvalue weighted by Gasteiger charge is -2.09. The van der Waals surface area contributed by atoms with Gasteiger partial charge < -0.3 is 24.8 Å². The lowest BCUT2D eigenvalue weighted by Crippen LogP contribution is -2.20. The van der Waals surface area contributed by atoms with Crippen LogP contribution in [-0.4, -0.2) is 19.3 Å². The molecule has 0 saturated heterocycles. The van der Waals surface area contributed by atoms with Gasteiger partial charge in [-0.15, -0.1) is 0 Å². The number of ether oxygens (including phenoxy) is 3. The third-order valence-electron chi connectivity index (χ3n) is 4.72. The Morgan fingerprint density at radius 3 is 2.40 bits per heavy atom. The van der Waals surface area contributed by atoms with Crippen molar-refractivity contribution in [1.29, 1.82) is 0 Å². The molecule has 154 valence electrons. The number of carbonyl (C=O) groups excluding carboxylic acids is 1. The monoisotopic (exact) mass is 404 g/mol. The molecule has 2 N–H and O–H groups in total. The van der Waals surface area contributed by atoms with Crippen LogP contribution in [0.15, 0.2) is 66.7 Å². The molecule has 3 aromatic rings. The average Bonchev–Trinajstić information content (AvgIpc) is 3.23. The standard InChI is InChI=1S/C24H24N2O4/c1-17-2-7-20(8-3-17)26-24(27)15-28-21-9-4-18(5-10-21)13-25-14-19-6-11-22-23(12-19)30-16-29-22/h2-12,25H,13-16H2,1H3,(H,26,27). The van der Waals surface area contributed by atoms with Crippen molar-refractivity contribution < 1.29 is 19.0 Å². The molecule has 1 aliphatic rings. The highest BCUT2D eigenvalue weighted by atomic mass is 16.7. The number of nitrogens with one attached hydrogen (secondary N) is 2. The molecule has 4 rings (SSSR count). The molecular formula is C24H24N2O4. The predicted octanol–water partition coefficient (Wildman–Crippen LogP) is 4.03. The van der Waals surface area contributed by atoms with E-state index in [1.807, 2.05) is 73.7 Å². The zero-order chi connectivity index (χ0) is 20.8. The van der Waals surface area contributed by atoms with Crippen LogP contribution in [0.5, 0.6) is 17.2 Å². The number of carbonyl (C=O) groups is 1. The van der Waals surface area contributed by atoms with Gasteiger partial charge in [0, 0.05) is 18.8 Å². The van der Waals surface area contributed by atoms with Gasteiger partial charge in [0.05, 0.1) is 0 Å². The number of amides is 1. The van der Waals surface area contributed by atoms with Crippen LogP contribution in [0, 0.1) is 6.92 Å². The molecular weight excluding hydrogens is 380 g/mol. The molecule has 6 heteroatoms. The van der Waals surface area contributed by atoms with Crippen LogP contribution in [0.2, 0.25) is 0 Å². The van der Waals surface area contributed by atoms with Gasteiger partial charge in [-0.25, -0.2) is 0 Å². The SMILES string of the molecule is Cc1ccc(NC(=O)COc2ccc(CNCc3ccc4c(c3)OCO4)cc2)cc1. The highest BCUT2D eigenvalue weighted by Crippen LogP contribution is 2.32. The molecule has 0 spiro atoms. The number of fused-ring (bicyclic) bond motifs is 1. The van der Waals surface area contributed by atoms with Gasteiger partial charge in [-0.1, -0.05) is 35.9 Å². The van der Waals surface area contributed by atoms with Crippen molar-refractivity contribution >= 4 is 11.6 Å². The summed E-state index contributed by atoms with van der Waals surface area (Å²) in [5, 5.41) is 6.23. The molecule has 6 nitrogen and oxygen atoms in total. The number of anilines is 1. The second kappa shape index (κ2) is 9.33. The van der Waals surface area contributed by atoms with Crippen molar-refractivity contribution in [3.63, 3.8) is 0 Å². The zero-order valence-electron chi connectivity index (χ0n) is 16.8. The van der Waals surface area contributed by atoms with Crippen LogP contribution in [0.1, 0.15) is 16.7 Å². The van der Waals surface area contributed by atoms with E-state index in [9.17, 15) is 4.79 Å². The van der Waals surface area contributed by atoms with E-state index in [0.29, 0.717) is 5.75 Å². The van der Waals surface area contributed by atoms with E-state index in [2.05, 4.69) is 10.6 Å². The molecule has 0 unspecified atom stereocenters. The van der Waals surface area contributed by atoms with Gasteiger partial charge in [0.25, 0.3) is 5.91 Å². The summed E-state index contributed by atoms with van der Waals surface area (Å²) < 4.78 is 16.3. The first kappa shape index (κ1) is 19.8. The second-order valence-electron chi connectivity index (χ2n) is 7.14. The third kappa shape index (κ3) is 5.30. The maximum absolute atomic E-state index is 12.0. The zero-order valence-corrected chi connectivity index (χ0v) is 16.8. The molecule has 0 saturated carbocycles. The molecule has 0 aliphatic carbocycles. The molecule has 0 aromatic heterocycles. The Bertz CT molecular complexity index is 1000. The predicted molar refractivity (Wildman–Crippen MR) is 115 cm³/mol. The minimum absolute atomic E-state index is 0.0322. The van der Waals surface area contributed by atoms with Gasteiger partial charge in [-0.2, -0.15) is 0 Å². The highest BCUT2D eigenvalue weighted by molar-refractivity contribution is 5.91. The van der Waals surface area contributed by atoms with E-state index < -0.39 is 0 Å². The van der Waals surface area contributed by atoms with Crippen LogP contribution in [0.4, 0.5) is 5.69 Å². The molecule has 1 amide bonds. The Hall–Kier alpha value is -3.51. The van der Waals surface area contributed by atoms with Crippen molar-refractivity contribution in [2.24, 2.45) is 0 Å².